The minimum atomic E-state index is -1.08. The number of carbonyl (C=O) groups excluding carboxylic acids is 3. The lowest BCUT2D eigenvalue weighted by Crippen LogP contribution is -2.24. The summed E-state index contributed by atoms with van der Waals surface area (Å²) in [4.78, 5) is 36.8. The lowest BCUT2D eigenvalue weighted by Gasteiger charge is -2.18. The van der Waals surface area contributed by atoms with Crippen LogP contribution in [0.25, 0.3) is 0 Å². The summed E-state index contributed by atoms with van der Waals surface area (Å²) >= 11 is 0. The van der Waals surface area contributed by atoms with Crippen molar-refractivity contribution in [3.05, 3.63) is 46.3 Å². The Kier molecular flexibility index (Phi) is 4.50. The Morgan fingerprint density at radius 1 is 1.12 bits per heavy atom. The molecule has 2 heterocycles. The minimum Gasteiger partial charge on any atom is -0.422 e. The lowest BCUT2D eigenvalue weighted by molar-refractivity contribution is -0.154. The van der Waals surface area contributed by atoms with Gasteiger partial charge in [0.25, 0.3) is 0 Å². The third kappa shape index (κ3) is 2.77. The minimum absolute atomic E-state index is 0.226. The fourth-order valence-corrected chi connectivity index (χ4v) is 3.45. The molecule has 2 aliphatic heterocycles. The molecule has 0 spiro atoms. The van der Waals surface area contributed by atoms with E-state index in [2.05, 4.69) is 6.92 Å². The zero-order chi connectivity index (χ0) is 18.2. The van der Waals surface area contributed by atoms with Crippen LogP contribution >= 0.6 is 0 Å². The second-order valence-corrected chi connectivity index (χ2v) is 6.82. The summed E-state index contributed by atoms with van der Waals surface area (Å²) in [5, 5.41) is 0. The van der Waals surface area contributed by atoms with Gasteiger partial charge in [-0.3, -0.25) is 4.79 Å². The van der Waals surface area contributed by atoms with E-state index in [1.54, 1.807) is 19.1 Å². The number of hydrogen-bond acceptors (Lipinski definition) is 5. The van der Waals surface area contributed by atoms with Gasteiger partial charge in [0, 0.05) is 5.57 Å². The summed E-state index contributed by atoms with van der Waals surface area (Å²) in [7, 11) is 0. The summed E-state index contributed by atoms with van der Waals surface area (Å²) in [5.74, 6) is -1.06. The van der Waals surface area contributed by atoms with Gasteiger partial charge in [-0.15, -0.1) is 0 Å². The van der Waals surface area contributed by atoms with E-state index in [0.29, 0.717) is 28.9 Å². The first-order valence-corrected chi connectivity index (χ1v) is 8.76. The smallest absolute Gasteiger partial charge is 0.343 e. The van der Waals surface area contributed by atoms with Crippen LogP contribution in [0.15, 0.2) is 46.3 Å². The van der Waals surface area contributed by atoms with Gasteiger partial charge in [-0.25, -0.2) is 9.59 Å². The molecule has 1 atom stereocenters. The average Bonchev–Trinajstić information content (AvgIpc) is 2.91. The molecule has 25 heavy (non-hydrogen) atoms. The number of cyclic esters (lactones) is 2. The van der Waals surface area contributed by atoms with Crippen LogP contribution in [0.5, 0.6) is 0 Å². The van der Waals surface area contributed by atoms with Gasteiger partial charge < -0.3 is 9.47 Å². The first kappa shape index (κ1) is 17.4. The molecule has 132 valence electrons. The van der Waals surface area contributed by atoms with Crippen molar-refractivity contribution < 1.29 is 23.9 Å². The highest BCUT2D eigenvalue weighted by Gasteiger charge is 2.53. The van der Waals surface area contributed by atoms with Gasteiger partial charge in [0.2, 0.25) is 0 Å². The molecule has 0 aromatic carbocycles. The first-order chi connectivity index (χ1) is 11.9. The molecule has 0 aromatic heterocycles. The van der Waals surface area contributed by atoms with E-state index < -0.39 is 23.3 Å². The van der Waals surface area contributed by atoms with Crippen molar-refractivity contribution in [3.8, 4) is 0 Å². The lowest BCUT2D eigenvalue weighted by atomic mass is 9.78. The molecule has 1 aliphatic carbocycles. The number of rotatable bonds is 5. The van der Waals surface area contributed by atoms with E-state index in [0.717, 1.165) is 24.8 Å². The molecule has 0 unspecified atom stereocenters. The van der Waals surface area contributed by atoms with Crippen LogP contribution in [0.4, 0.5) is 0 Å². The third-order valence-corrected chi connectivity index (χ3v) is 4.86. The zero-order valence-corrected chi connectivity index (χ0v) is 14.8. The number of carbonyl (C=O) groups is 3. The van der Waals surface area contributed by atoms with E-state index in [1.165, 1.54) is 0 Å². The largest absolute Gasteiger partial charge is 0.422 e. The summed E-state index contributed by atoms with van der Waals surface area (Å²) in [6, 6.07) is 0. The molecule has 5 nitrogen and oxygen atoms in total. The molecule has 1 fully saturated rings. The molecule has 3 rings (SSSR count). The maximum Gasteiger partial charge on any atom is 0.343 e. The van der Waals surface area contributed by atoms with Crippen LogP contribution in [0.2, 0.25) is 0 Å². The monoisotopic (exact) mass is 342 g/mol. The van der Waals surface area contributed by atoms with Crippen molar-refractivity contribution in [2.45, 2.75) is 52.9 Å². The average molecular weight is 342 g/mol. The second-order valence-electron chi connectivity index (χ2n) is 6.82. The Morgan fingerprint density at radius 3 is 2.56 bits per heavy atom. The van der Waals surface area contributed by atoms with Crippen LogP contribution in [0.3, 0.4) is 0 Å². The molecule has 0 amide bonds. The maximum atomic E-state index is 12.4. The molecule has 0 N–H and O–H groups in total. The fourth-order valence-electron chi connectivity index (χ4n) is 3.45. The van der Waals surface area contributed by atoms with E-state index in [-0.39, 0.29) is 6.42 Å². The highest BCUT2D eigenvalue weighted by Crippen LogP contribution is 2.49. The molecule has 5 heteroatoms. The highest BCUT2D eigenvalue weighted by molar-refractivity contribution is 6.11. The number of hydrogen-bond donors (Lipinski definition) is 0. The van der Waals surface area contributed by atoms with E-state index in [9.17, 15) is 14.4 Å². The summed E-state index contributed by atoms with van der Waals surface area (Å²) in [5.41, 5.74) is 1.21. The van der Waals surface area contributed by atoms with Gasteiger partial charge in [0.15, 0.2) is 0 Å². The van der Waals surface area contributed by atoms with Gasteiger partial charge in [-0.05, 0) is 37.8 Å². The van der Waals surface area contributed by atoms with Gasteiger partial charge in [0.05, 0.1) is 11.1 Å². The van der Waals surface area contributed by atoms with Crippen LogP contribution in [0, 0.1) is 5.41 Å². The highest BCUT2D eigenvalue weighted by atomic mass is 16.6. The zero-order valence-electron chi connectivity index (χ0n) is 14.8. The Morgan fingerprint density at radius 2 is 1.88 bits per heavy atom. The van der Waals surface area contributed by atoms with Gasteiger partial charge >= 0.3 is 17.9 Å². The quantitative estimate of drug-likeness (QED) is 0.563. The summed E-state index contributed by atoms with van der Waals surface area (Å²) in [6.45, 7) is 5.76. The Bertz CT molecular complexity index is 778. The maximum absolute atomic E-state index is 12.4. The molecule has 3 aliphatic rings. The Balaban J connectivity index is 2.17. The Hall–Kier alpha value is -2.43. The van der Waals surface area contributed by atoms with Crippen molar-refractivity contribution in [3.63, 3.8) is 0 Å². The SMILES string of the molecule is CCC/C=C/C1=C2C[C@@]3(C)C(=O)OC(=O)C3=CC(CCC)=C2OC1=O. The fraction of sp³-hybridized carbons (Fsp3) is 0.450. The number of ether oxygens (including phenoxy) is 2. The first-order valence-electron chi connectivity index (χ1n) is 8.76. The second kappa shape index (κ2) is 6.47. The third-order valence-electron chi connectivity index (χ3n) is 4.86. The van der Waals surface area contributed by atoms with Gasteiger partial charge in [-0.2, -0.15) is 0 Å². The standard InChI is InChI=1S/C20H22O5/c1-4-6-7-9-13-14-11-20(3)15(18(22)25-19(20)23)10-12(8-5-2)16(14)24-17(13)21/h7,9-10H,4-6,8,11H2,1-3H3/b9-7+/t20-/m1/s1. The van der Waals surface area contributed by atoms with Crippen LogP contribution in [-0.4, -0.2) is 17.9 Å². The van der Waals surface area contributed by atoms with Crippen LogP contribution in [-0.2, 0) is 23.9 Å². The van der Waals surface area contributed by atoms with E-state index >= 15 is 0 Å². The molecule has 0 bridgehead atoms. The van der Waals surface area contributed by atoms with Crippen molar-refractivity contribution >= 4 is 17.9 Å². The van der Waals surface area contributed by atoms with Crippen molar-refractivity contribution in [1.82, 2.24) is 0 Å². The van der Waals surface area contributed by atoms with Crippen molar-refractivity contribution in [1.29, 1.82) is 0 Å². The van der Waals surface area contributed by atoms with Crippen LogP contribution < -0.4 is 0 Å². The number of fused-ring (bicyclic) bond motifs is 2. The van der Waals surface area contributed by atoms with E-state index in [1.807, 2.05) is 13.0 Å². The van der Waals surface area contributed by atoms with Crippen molar-refractivity contribution in [2.24, 2.45) is 5.41 Å². The van der Waals surface area contributed by atoms with Gasteiger partial charge in [0.1, 0.15) is 11.2 Å². The predicted octanol–water partition coefficient (Wildman–Crippen LogP) is 3.67. The topological polar surface area (TPSA) is 69.7 Å². The van der Waals surface area contributed by atoms with Crippen molar-refractivity contribution in [2.75, 3.05) is 0 Å². The van der Waals surface area contributed by atoms with Gasteiger partial charge in [-0.1, -0.05) is 38.8 Å². The number of allylic oxidation sites excluding steroid dienone is 4. The molecule has 1 saturated heterocycles. The van der Waals surface area contributed by atoms with E-state index in [4.69, 9.17) is 9.47 Å². The molecule has 0 aromatic rings. The molecular formula is C20H22O5. The number of esters is 3. The normalized spacial score (nSPS) is 25.9. The molecule has 0 saturated carbocycles. The molecular weight excluding hydrogens is 320 g/mol. The summed E-state index contributed by atoms with van der Waals surface area (Å²) < 4.78 is 10.4. The Labute approximate surface area is 147 Å². The summed E-state index contributed by atoms with van der Waals surface area (Å²) in [6.07, 6.45) is 8.93. The van der Waals surface area contributed by atoms with Crippen LogP contribution in [0.1, 0.15) is 52.9 Å². The predicted molar refractivity (Wildman–Crippen MR) is 91.0 cm³/mol. The number of unbranched alkanes of at least 4 members (excludes halogenated alkanes) is 1. The molecule has 0 radical (unpaired) electrons.